The van der Waals surface area contributed by atoms with Gasteiger partial charge in [0.2, 0.25) is 0 Å². The third kappa shape index (κ3) is 33.3. The molecule has 0 aliphatic heterocycles. The number of rotatable bonds is 37. The normalized spacial score (nSPS) is 13.3. The second-order valence-corrected chi connectivity index (χ2v) is 28.3. The van der Waals surface area contributed by atoms with Crippen LogP contribution < -0.4 is 31.9 Å². The standard InChI is InChI=1S/C13H21FN2O3.C13H22N2O5.C13H22N2O2.C12H19FN2O4.C12H20N2O5.C12H20N2O2/c1-7(2)9(4)15-13(17)12-11(8(3)14)10(6-18-5)19-16-12;1-8(16)10-9(6-18-4)20-15-11(10)12(17)14-7-13(2,3)19-5;1-6-10-9(3)11(15-17-10)12(16)14-8-13(4,5)7-2;1-7(18-4)5-14-12(16)11-10(8(2)13)9(6-17-3)19-15-11;1-7(18-4)5-13-12(16)11-10(8(2)15)9(6-17-3)19-14-11;1-5-9-7-10(14-16-9)11(15)13-8-12(3,4)6-2/h7-9H,6H2,1-5H3,(H,15,17);8,16H,6-7H2,1-5H3,(H,14,17);6-8H2,1-5H3,(H,14,16);7-8H,5-6H2,1-4H3,(H,14,16);7-8,15H,5-6H2,1-4H3,(H,13,16);7H,5-6,8H2,1-4H3,(H,13,15). The maximum Gasteiger partial charge on any atom is 0.274 e. The number of ether oxygens (including phenoxy) is 7. The lowest BCUT2D eigenvalue weighted by Crippen LogP contribution is -2.40. The van der Waals surface area contributed by atoms with Gasteiger partial charge >= 0.3 is 0 Å². The minimum absolute atomic E-state index is 0.00505. The average molecular weight is 1570 g/mol. The molecule has 35 heteroatoms. The fraction of sp³-hybridized carbons (Fsp3) is 0.680. The highest BCUT2D eigenvalue weighted by atomic mass is 19.1. The van der Waals surface area contributed by atoms with Gasteiger partial charge in [-0.3, -0.25) is 28.8 Å². The molecule has 6 aromatic rings. The third-order valence-corrected chi connectivity index (χ3v) is 17.4. The van der Waals surface area contributed by atoms with Crippen molar-refractivity contribution in [3.63, 3.8) is 0 Å². The Kier molecular flexibility index (Phi) is 45.0. The molecule has 6 heterocycles. The summed E-state index contributed by atoms with van der Waals surface area (Å²) in [5, 5.41) is 58.2. The van der Waals surface area contributed by atoms with Crippen LogP contribution in [-0.4, -0.2) is 183 Å². The van der Waals surface area contributed by atoms with Crippen molar-refractivity contribution in [3.8, 4) is 0 Å². The third-order valence-electron chi connectivity index (χ3n) is 17.4. The number of nitrogens with zero attached hydrogens (tertiary/aromatic N) is 6. The van der Waals surface area contributed by atoms with Crippen LogP contribution in [0.15, 0.2) is 33.2 Å². The van der Waals surface area contributed by atoms with E-state index in [9.17, 15) is 47.8 Å². The highest BCUT2D eigenvalue weighted by Gasteiger charge is 2.32. The summed E-state index contributed by atoms with van der Waals surface area (Å²) in [6.07, 6.45) is -1.14. The Morgan fingerprint density at radius 2 is 0.782 bits per heavy atom. The van der Waals surface area contributed by atoms with Crippen LogP contribution in [0.2, 0.25) is 0 Å². The van der Waals surface area contributed by atoms with E-state index in [1.807, 2.05) is 62.3 Å². The molecule has 8 N–H and O–H groups in total. The summed E-state index contributed by atoms with van der Waals surface area (Å²) in [5.41, 5.74) is 2.44. The highest BCUT2D eigenvalue weighted by Crippen LogP contribution is 2.29. The Hall–Kier alpha value is -8.42. The molecule has 0 aromatic carbocycles. The Labute approximate surface area is 644 Å². The number of aliphatic hydroxyl groups excluding tert-OH is 2. The van der Waals surface area contributed by atoms with Crippen molar-refractivity contribution in [2.24, 2.45) is 16.7 Å². The zero-order valence-corrected chi connectivity index (χ0v) is 69.5. The summed E-state index contributed by atoms with van der Waals surface area (Å²) in [6.45, 7) is 40.2. The van der Waals surface area contributed by atoms with E-state index in [4.69, 9.17) is 60.3 Å². The van der Waals surface area contributed by atoms with Gasteiger partial charge in [0, 0.05) is 113 Å². The van der Waals surface area contributed by atoms with E-state index in [1.165, 1.54) is 42.3 Å². The molecule has 0 fully saturated rings. The van der Waals surface area contributed by atoms with Crippen molar-refractivity contribution in [3.05, 3.63) is 103 Å². The predicted octanol–water partition coefficient (Wildman–Crippen LogP) is 11.0. The Bertz CT molecular complexity index is 3600. The first kappa shape index (κ1) is 99.6. The average Bonchev–Trinajstić information content (AvgIpc) is 1.69. The second kappa shape index (κ2) is 49.8. The molecular formula is C75H124F2N12O21. The lowest BCUT2D eigenvalue weighted by Gasteiger charge is -2.22. The van der Waals surface area contributed by atoms with Gasteiger partial charge in [-0.05, 0) is 98.8 Å². The molecule has 0 saturated heterocycles. The first-order chi connectivity index (χ1) is 51.6. The topological polar surface area (TPSA) is 436 Å². The number of methoxy groups -OCH3 is 7. The summed E-state index contributed by atoms with van der Waals surface area (Å²) >= 11 is 0. The minimum atomic E-state index is -1.36. The zero-order chi connectivity index (χ0) is 84.0. The molecule has 6 aromatic heterocycles. The van der Waals surface area contributed by atoms with E-state index in [0.717, 1.165) is 42.8 Å². The fourth-order valence-electron chi connectivity index (χ4n) is 8.86. The Balaban J connectivity index is 0.000000661. The van der Waals surface area contributed by atoms with Gasteiger partial charge in [0.15, 0.2) is 57.2 Å². The van der Waals surface area contributed by atoms with E-state index in [0.29, 0.717) is 66.8 Å². The molecule has 7 atom stereocenters. The van der Waals surface area contributed by atoms with E-state index in [1.54, 1.807) is 48.2 Å². The van der Waals surface area contributed by atoms with Crippen LogP contribution in [-0.2, 0) is 72.4 Å². The number of aliphatic hydroxyl groups is 2. The molecule has 33 nitrogen and oxygen atoms in total. The number of halogens is 2. The number of aromatic nitrogens is 6. The van der Waals surface area contributed by atoms with Crippen molar-refractivity contribution >= 4 is 35.4 Å². The summed E-state index contributed by atoms with van der Waals surface area (Å²) in [4.78, 5) is 71.7. The van der Waals surface area contributed by atoms with Crippen LogP contribution >= 0.6 is 0 Å². The van der Waals surface area contributed by atoms with E-state index < -0.39 is 53.8 Å². The lowest BCUT2D eigenvalue weighted by atomic mass is 9.90. The maximum atomic E-state index is 13.6. The molecule has 0 bridgehead atoms. The number of alkyl halides is 2. The number of nitrogens with one attached hydrogen (secondary N) is 6. The van der Waals surface area contributed by atoms with Crippen molar-refractivity contribution in [1.82, 2.24) is 62.8 Å². The second-order valence-electron chi connectivity index (χ2n) is 28.3. The molecule has 110 heavy (non-hydrogen) atoms. The van der Waals surface area contributed by atoms with Gasteiger partial charge in [0.05, 0.1) is 52.3 Å². The van der Waals surface area contributed by atoms with Gasteiger partial charge in [-0.1, -0.05) is 100 Å². The lowest BCUT2D eigenvalue weighted by molar-refractivity contribution is 0.0227. The molecule has 0 radical (unpaired) electrons. The summed E-state index contributed by atoms with van der Waals surface area (Å²) in [5.74, 6) is 0.913. The van der Waals surface area contributed by atoms with Crippen LogP contribution in [0.3, 0.4) is 0 Å². The number of hydrogen-bond donors (Lipinski definition) is 8. The number of carbonyl (C=O) groups is 6. The predicted molar refractivity (Wildman–Crippen MR) is 401 cm³/mol. The van der Waals surface area contributed by atoms with Crippen molar-refractivity contribution in [1.29, 1.82) is 0 Å². The molecular weight excluding hydrogens is 1440 g/mol. The fourth-order valence-corrected chi connectivity index (χ4v) is 8.86. The maximum absolute atomic E-state index is 13.6. The molecule has 0 aliphatic rings. The monoisotopic (exact) mass is 1570 g/mol. The molecule has 0 spiro atoms. The van der Waals surface area contributed by atoms with Gasteiger partial charge in [0.25, 0.3) is 35.4 Å². The van der Waals surface area contributed by atoms with Crippen LogP contribution in [0.5, 0.6) is 0 Å². The van der Waals surface area contributed by atoms with Crippen molar-refractivity contribution in [2.45, 2.75) is 239 Å². The molecule has 624 valence electrons. The number of carbonyl (C=O) groups excluding carboxylic acids is 6. The van der Waals surface area contributed by atoms with Gasteiger partial charge in [-0.2, -0.15) is 0 Å². The van der Waals surface area contributed by atoms with Gasteiger partial charge in [-0.15, -0.1) is 0 Å². The van der Waals surface area contributed by atoms with Crippen LogP contribution in [0.1, 0.15) is 294 Å². The smallest absolute Gasteiger partial charge is 0.274 e. The summed E-state index contributed by atoms with van der Waals surface area (Å²) in [7, 11) is 10.6. The quantitative estimate of drug-likeness (QED) is 0.0180. The minimum Gasteiger partial charge on any atom is -0.388 e. The first-order valence-corrected chi connectivity index (χ1v) is 36.4. The van der Waals surface area contributed by atoms with Crippen molar-refractivity contribution in [2.75, 3.05) is 82.5 Å². The first-order valence-electron chi connectivity index (χ1n) is 36.4. The summed E-state index contributed by atoms with van der Waals surface area (Å²) < 4.78 is 92.2. The van der Waals surface area contributed by atoms with Crippen LogP contribution in [0, 0.1) is 23.7 Å². The number of aryl methyl sites for hydroxylation is 2. The summed E-state index contributed by atoms with van der Waals surface area (Å²) in [6, 6.07) is 1.66. The Morgan fingerprint density at radius 1 is 0.445 bits per heavy atom. The SMILES string of the molecule is CCc1cc(C(=O)NCC(C)(C)CC)no1.CCc1onc(C(=O)NCC(C)(C)CC)c1C.COCc1onc(C(=O)NC(C)C(C)C)c1C(C)F.COCc1onc(C(=O)NCC(C)(C)OC)c1C(C)O.COCc1onc(C(=O)NCC(C)OC)c1C(C)F.COCc1onc(C(=O)NCC(C)OC)c1C(C)O. The zero-order valence-electron chi connectivity index (χ0n) is 69.5. The van der Waals surface area contributed by atoms with Gasteiger partial charge < -0.3 is 102 Å². The van der Waals surface area contributed by atoms with E-state index in [2.05, 4.69) is 104 Å². The number of hydrogen-bond acceptors (Lipinski definition) is 27. The molecule has 6 amide bonds. The molecule has 0 saturated carbocycles. The van der Waals surface area contributed by atoms with Gasteiger partial charge in [-0.25, -0.2) is 8.78 Å². The van der Waals surface area contributed by atoms with Crippen LogP contribution in [0.25, 0.3) is 0 Å². The Morgan fingerprint density at radius 3 is 1.10 bits per heavy atom. The molecule has 6 rings (SSSR count). The molecule has 0 aliphatic carbocycles. The largest absolute Gasteiger partial charge is 0.388 e. The van der Waals surface area contributed by atoms with Crippen LogP contribution in [0.4, 0.5) is 8.78 Å². The van der Waals surface area contributed by atoms with Gasteiger partial charge in [0.1, 0.15) is 50.3 Å². The highest BCUT2D eigenvalue weighted by molar-refractivity contribution is 5.96. The van der Waals surface area contributed by atoms with E-state index in [-0.39, 0.29) is 119 Å². The van der Waals surface area contributed by atoms with E-state index >= 15 is 0 Å². The number of amides is 6. The van der Waals surface area contributed by atoms with Crippen molar-refractivity contribution < 1.29 is 108 Å². The molecule has 7 unspecified atom stereocenters.